The second-order valence-corrected chi connectivity index (χ2v) is 4.01. The molecule has 0 bridgehead atoms. The van der Waals surface area contributed by atoms with Gasteiger partial charge >= 0.3 is 0 Å². The molecule has 0 aliphatic rings. The molecule has 3 N–H and O–H groups in total. The highest BCUT2D eigenvalue weighted by Gasteiger charge is 2.07. The SMILES string of the molecule is CC(Cc1ccccc1)CN(N)CCO. The minimum atomic E-state index is 0.120. The van der Waals surface area contributed by atoms with E-state index in [0.29, 0.717) is 12.5 Å². The van der Waals surface area contributed by atoms with E-state index in [0.717, 1.165) is 13.0 Å². The van der Waals surface area contributed by atoms with E-state index >= 15 is 0 Å². The summed E-state index contributed by atoms with van der Waals surface area (Å²) in [6.07, 6.45) is 1.03. The minimum absolute atomic E-state index is 0.120. The first-order chi connectivity index (χ1) is 7.22. The normalized spacial score (nSPS) is 13.1. The molecule has 84 valence electrons. The van der Waals surface area contributed by atoms with Crippen LogP contribution in [-0.2, 0) is 6.42 Å². The van der Waals surface area contributed by atoms with Crippen LogP contribution in [0.2, 0.25) is 0 Å². The van der Waals surface area contributed by atoms with Gasteiger partial charge in [-0.25, -0.2) is 5.01 Å². The Kier molecular flexibility index (Phi) is 5.32. The first kappa shape index (κ1) is 12.2. The summed E-state index contributed by atoms with van der Waals surface area (Å²) in [7, 11) is 0. The van der Waals surface area contributed by atoms with Crippen LogP contribution in [0.15, 0.2) is 30.3 Å². The van der Waals surface area contributed by atoms with Gasteiger partial charge in [-0.2, -0.15) is 0 Å². The van der Waals surface area contributed by atoms with E-state index in [4.69, 9.17) is 10.9 Å². The van der Waals surface area contributed by atoms with Gasteiger partial charge in [0.05, 0.1) is 6.61 Å². The second kappa shape index (κ2) is 6.56. The maximum absolute atomic E-state index is 8.72. The van der Waals surface area contributed by atoms with Crippen molar-refractivity contribution in [2.24, 2.45) is 11.8 Å². The van der Waals surface area contributed by atoms with Gasteiger partial charge in [0.1, 0.15) is 0 Å². The van der Waals surface area contributed by atoms with E-state index in [1.54, 1.807) is 5.01 Å². The molecule has 3 heteroatoms. The molecule has 3 nitrogen and oxygen atoms in total. The Labute approximate surface area is 91.5 Å². The summed E-state index contributed by atoms with van der Waals surface area (Å²) < 4.78 is 0. The Morgan fingerprint density at radius 1 is 1.33 bits per heavy atom. The molecule has 0 saturated heterocycles. The number of aliphatic hydroxyl groups excluding tert-OH is 1. The van der Waals surface area contributed by atoms with Crippen LogP contribution in [0.25, 0.3) is 0 Å². The maximum Gasteiger partial charge on any atom is 0.0572 e. The highest BCUT2D eigenvalue weighted by Crippen LogP contribution is 2.08. The summed E-state index contributed by atoms with van der Waals surface area (Å²) in [4.78, 5) is 0. The molecule has 1 unspecified atom stereocenters. The summed E-state index contributed by atoms with van der Waals surface area (Å²) in [6.45, 7) is 3.65. The zero-order valence-corrected chi connectivity index (χ0v) is 9.26. The zero-order valence-electron chi connectivity index (χ0n) is 9.26. The largest absolute Gasteiger partial charge is 0.395 e. The van der Waals surface area contributed by atoms with Crippen LogP contribution in [0.3, 0.4) is 0 Å². The third kappa shape index (κ3) is 4.93. The highest BCUT2D eigenvalue weighted by atomic mass is 16.3. The Bertz CT molecular complexity index is 264. The fourth-order valence-corrected chi connectivity index (χ4v) is 1.70. The van der Waals surface area contributed by atoms with Gasteiger partial charge in [0.2, 0.25) is 0 Å². The smallest absolute Gasteiger partial charge is 0.0572 e. The maximum atomic E-state index is 8.72. The van der Waals surface area contributed by atoms with Crippen molar-refractivity contribution in [1.82, 2.24) is 5.01 Å². The van der Waals surface area contributed by atoms with Crippen molar-refractivity contribution in [3.8, 4) is 0 Å². The van der Waals surface area contributed by atoms with Gasteiger partial charge in [0.15, 0.2) is 0 Å². The molecule has 0 radical (unpaired) electrons. The minimum Gasteiger partial charge on any atom is -0.395 e. The lowest BCUT2D eigenvalue weighted by Crippen LogP contribution is -2.37. The fraction of sp³-hybridized carbons (Fsp3) is 0.500. The Hall–Kier alpha value is -0.900. The first-order valence-electron chi connectivity index (χ1n) is 5.36. The van der Waals surface area contributed by atoms with E-state index in [2.05, 4.69) is 31.2 Å². The summed E-state index contributed by atoms with van der Waals surface area (Å²) in [6, 6.07) is 10.4. The fourth-order valence-electron chi connectivity index (χ4n) is 1.70. The van der Waals surface area contributed by atoms with Gasteiger partial charge in [-0.15, -0.1) is 0 Å². The Morgan fingerprint density at radius 3 is 2.60 bits per heavy atom. The van der Waals surface area contributed by atoms with Crippen LogP contribution in [0.5, 0.6) is 0 Å². The van der Waals surface area contributed by atoms with Crippen LogP contribution in [0.4, 0.5) is 0 Å². The molecule has 0 aliphatic heterocycles. The molecule has 0 aliphatic carbocycles. The molecular weight excluding hydrogens is 188 g/mol. The van der Waals surface area contributed by atoms with Crippen LogP contribution in [-0.4, -0.2) is 29.8 Å². The monoisotopic (exact) mass is 208 g/mol. The molecule has 0 amide bonds. The third-order valence-corrected chi connectivity index (χ3v) is 2.36. The van der Waals surface area contributed by atoms with Gasteiger partial charge < -0.3 is 5.11 Å². The van der Waals surface area contributed by atoms with Crippen molar-refractivity contribution in [3.63, 3.8) is 0 Å². The number of hydrazine groups is 1. The lowest BCUT2D eigenvalue weighted by molar-refractivity contribution is 0.181. The number of nitrogens with zero attached hydrogens (tertiary/aromatic N) is 1. The summed E-state index contributed by atoms with van der Waals surface area (Å²) in [5.41, 5.74) is 1.34. The average molecular weight is 208 g/mol. The van der Waals surface area contributed by atoms with Crippen molar-refractivity contribution >= 4 is 0 Å². The Balaban J connectivity index is 2.33. The van der Waals surface area contributed by atoms with Crippen LogP contribution >= 0.6 is 0 Å². The van der Waals surface area contributed by atoms with Crippen molar-refractivity contribution in [1.29, 1.82) is 0 Å². The van der Waals surface area contributed by atoms with Gasteiger partial charge in [0.25, 0.3) is 0 Å². The van der Waals surface area contributed by atoms with Crippen LogP contribution in [0, 0.1) is 5.92 Å². The quantitative estimate of drug-likeness (QED) is 0.542. The lowest BCUT2D eigenvalue weighted by Gasteiger charge is -2.19. The van der Waals surface area contributed by atoms with Crippen molar-refractivity contribution in [3.05, 3.63) is 35.9 Å². The molecule has 0 saturated carbocycles. The number of aliphatic hydroxyl groups is 1. The molecule has 1 aromatic rings. The topological polar surface area (TPSA) is 49.5 Å². The van der Waals surface area contributed by atoms with Crippen LogP contribution < -0.4 is 5.84 Å². The van der Waals surface area contributed by atoms with Crippen molar-refractivity contribution in [2.45, 2.75) is 13.3 Å². The molecule has 0 aromatic heterocycles. The van der Waals surface area contributed by atoms with Gasteiger partial charge in [-0.1, -0.05) is 37.3 Å². The van der Waals surface area contributed by atoms with E-state index in [1.807, 2.05) is 6.07 Å². The zero-order chi connectivity index (χ0) is 11.1. The highest BCUT2D eigenvalue weighted by molar-refractivity contribution is 5.15. The average Bonchev–Trinajstić information content (AvgIpc) is 2.19. The summed E-state index contributed by atoms with van der Waals surface area (Å²) in [5.74, 6) is 6.22. The molecule has 0 fully saturated rings. The third-order valence-electron chi connectivity index (χ3n) is 2.36. The van der Waals surface area contributed by atoms with Crippen LogP contribution in [0.1, 0.15) is 12.5 Å². The first-order valence-corrected chi connectivity index (χ1v) is 5.36. The molecule has 15 heavy (non-hydrogen) atoms. The number of benzene rings is 1. The lowest BCUT2D eigenvalue weighted by atomic mass is 10.0. The van der Waals surface area contributed by atoms with E-state index in [9.17, 15) is 0 Å². The molecule has 1 aromatic carbocycles. The van der Waals surface area contributed by atoms with Gasteiger partial charge in [-0.3, -0.25) is 5.84 Å². The van der Waals surface area contributed by atoms with Crippen molar-refractivity contribution in [2.75, 3.05) is 19.7 Å². The molecule has 0 spiro atoms. The predicted octanol–water partition coefficient (Wildman–Crippen LogP) is 1.03. The number of hydrogen-bond donors (Lipinski definition) is 2. The molecule has 1 atom stereocenters. The summed E-state index contributed by atoms with van der Waals surface area (Å²) >= 11 is 0. The second-order valence-electron chi connectivity index (χ2n) is 4.01. The number of rotatable bonds is 6. The molecule has 0 heterocycles. The van der Waals surface area contributed by atoms with E-state index < -0.39 is 0 Å². The van der Waals surface area contributed by atoms with E-state index in [-0.39, 0.29) is 6.61 Å². The Morgan fingerprint density at radius 2 is 2.00 bits per heavy atom. The van der Waals surface area contributed by atoms with Gasteiger partial charge in [-0.05, 0) is 17.9 Å². The number of nitrogens with two attached hydrogens (primary N) is 1. The predicted molar refractivity (Wildman–Crippen MR) is 62.2 cm³/mol. The van der Waals surface area contributed by atoms with Crippen molar-refractivity contribution < 1.29 is 5.11 Å². The summed E-state index contributed by atoms with van der Waals surface area (Å²) in [5, 5.41) is 10.4. The number of hydrogen-bond acceptors (Lipinski definition) is 3. The standard InChI is InChI=1S/C12H20N2O/c1-11(10-14(13)7-8-15)9-12-5-3-2-4-6-12/h2-6,11,15H,7-10,13H2,1H3. The van der Waals surface area contributed by atoms with E-state index in [1.165, 1.54) is 5.56 Å². The molecule has 1 rings (SSSR count). The molecular formula is C12H20N2O. The van der Waals surface area contributed by atoms with Gasteiger partial charge in [0, 0.05) is 13.1 Å².